The number of rotatable bonds is 5. The zero-order chi connectivity index (χ0) is 17.2. The van der Waals surface area contributed by atoms with Gasteiger partial charge in [-0.3, -0.25) is 4.79 Å². The van der Waals surface area contributed by atoms with E-state index in [1.54, 1.807) is 22.7 Å². The van der Waals surface area contributed by atoms with Crippen LogP contribution in [0.25, 0.3) is 20.1 Å². The Morgan fingerprint density at radius 2 is 2.12 bits per heavy atom. The number of hydrogen-bond acceptors (Lipinski definition) is 6. The molecule has 126 valence electrons. The molecule has 3 aromatic heterocycles. The highest BCUT2D eigenvalue weighted by Gasteiger charge is 2.12. The highest BCUT2D eigenvalue weighted by atomic mass is 32.1. The van der Waals surface area contributed by atoms with Crippen molar-refractivity contribution in [3.05, 3.63) is 52.3 Å². The Bertz CT molecular complexity index is 1020. The molecule has 0 atom stereocenters. The maximum atomic E-state index is 12.3. The fourth-order valence-corrected chi connectivity index (χ4v) is 5.05. The van der Waals surface area contributed by atoms with Gasteiger partial charge in [-0.15, -0.1) is 22.7 Å². The second-order valence-electron chi connectivity index (χ2n) is 5.52. The summed E-state index contributed by atoms with van der Waals surface area (Å²) in [5, 5.41) is 8.47. The second-order valence-corrected chi connectivity index (χ2v) is 8.36. The molecule has 0 saturated heterocycles. The first-order chi connectivity index (χ1) is 12.2. The molecule has 0 saturated carbocycles. The van der Waals surface area contributed by atoms with Crippen LogP contribution in [-0.4, -0.2) is 15.9 Å². The van der Waals surface area contributed by atoms with Gasteiger partial charge in [0.05, 0.1) is 27.2 Å². The number of benzene rings is 1. The maximum Gasteiger partial charge on any atom is 0.232 e. The first-order valence-electron chi connectivity index (χ1n) is 7.89. The van der Waals surface area contributed by atoms with Crippen molar-refractivity contribution in [2.24, 2.45) is 0 Å². The molecule has 1 aromatic carbocycles. The molecule has 0 aliphatic heterocycles. The lowest BCUT2D eigenvalue weighted by atomic mass is 10.2. The Balaban J connectivity index is 1.45. The largest absolute Gasteiger partial charge is 0.302 e. The van der Waals surface area contributed by atoms with Crippen LogP contribution < -0.4 is 5.32 Å². The number of nitrogens with zero attached hydrogens (tertiary/aromatic N) is 2. The van der Waals surface area contributed by atoms with Crippen molar-refractivity contribution >= 4 is 55.3 Å². The van der Waals surface area contributed by atoms with Gasteiger partial charge in [0, 0.05) is 5.38 Å². The third-order valence-corrected chi connectivity index (χ3v) is 6.60. The summed E-state index contributed by atoms with van der Waals surface area (Å²) in [5.74, 6) is -0.0854. The normalized spacial score (nSPS) is 11.1. The van der Waals surface area contributed by atoms with E-state index in [0.717, 1.165) is 32.2 Å². The van der Waals surface area contributed by atoms with Gasteiger partial charge >= 0.3 is 0 Å². The molecule has 0 unspecified atom stereocenters. The maximum absolute atomic E-state index is 12.3. The van der Waals surface area contributed by atoms with Gasteiger partial charge < -0.3 is 5.32 Å². The molecule has 4 aromatic rings. The summed E-state index contributed by atoms with van der Waals surface area (Å²) in [5.41, 5.74) is 2.99. The minimum absolute atomic E-state index is 0.0854. The summed E-state index contributed by atoms with van der Waals surface area (Å²) in [7, 11) is 0. The Hall–Kier alpha value is -2.09. The minimum Gasteiger partial charge on any atom is -0.302 e. The number of carbonyl (C=O) groups excluding carboxylic acids is 1. The van der Waals surface area contributed by atoms with Gasteiger partial charge in [-0.25, -0.2) is 9.97 Å². The molecular weight excluding hydrogens is 370 g/mol. The molecule has 4 rings (SSSR count). The van der Waals surface area contributed by atoms with Crippen molar-refractivity contribution in [3.8, 4) is 9.88 Å². The van der Waals surface area contributed by atoms with Crippen LogP contribution in [0.15, 0.2) is 41.1 Å². The van der Waals surface area contributed by atoms with Crippen molar-refractivity contribution in [2.45, 2.75) is 19.8 Å². The van der Waals surface area contributed by atoms with Crippen molar-refractivity contribution in [3.63, 3.8) is 0 Å². The average molecular weight is 386 g/mol. The van der Waals surface area contributed by atoms with Gasteiger partial charge in [-0.05, 0) is 35.6 Å². The molecule has 0 spiro atoms. The number of aryl methyl sites for hydroxylation is 1. The van der Waals surface area contributed by atoms with E-state index in [0.29, 0.717) is 5.13 Å². The zero-order valence-corrected chi connectivity index (χ0v) is 15.9. The van der Waals surface area contributed by atoms with E-state index in [4.69, 9.17) is 0 Å². The van der Waals surface area contributed by atoms with Gasteiger partial charge in [0.15, 0.2) is 5.13 Å². The molecule has 0 bridgehead atoms. The number of aromatic nitrogens is 2. The number of anilines is 1. The summed E-state index contributed by atoms with van der Waals surface area (Å²) >= 11 is 4.73. The molecule has 4 nitrogen and oxygen atoms in total. The monoisotopic (exact) mass is 385 g/mol. The van der Waals surface area contributed by atoms with Gasteiger partial charge in [-0.2, -0.15) is 0 Å². The van der Waals surface area contributed by atoms with E-state index in [1.165, 1.54) is 16.9 Å². The van der Waals surface area contributed by atoms with Gasteiger partial charge in [0.1, 0.15) is 5.01 Å². The summed E-state index contributed by atoms with van der Waals surface area (Å²) in [6.45, 7) is 2.13. The fourth-order valence-electron chi connectivity index (χ4n) is 2.47. The number of thiazole rings is 2. The average Bonchev–Trinajstić information content (AvgIpc) is 3.33. The Morgan fingerprint density at radius 3 is 2.92 bits per heavy atom. The second kappa shape index (κ2) is 7.03. The smallest absolute Gasteiger partial charge is 0.232 e. The van der Waals surface area contributed by atoms with Crippen LogP contribution in [0, 0.1) is 0 Å². The van der Waals surface area contributed by atoms with Crippen LogP contribution in [0.5, 0.6) is 0 Å². The third kappa shape index (κ3) is 3.63. The summed E-state index contributed by atoms with van der Waals surface area (Å²) in [4.78, 5) is 22.5. The van der Waals surface area contributed by atoms with Gasteiger partial charge in [0.25, 0.3) is 0 Å². The SMILES string of the molecule is CCc1ccc2nc(NC(=O)Cc3csc(-c4cccs4)n3)sc2c1. The molecule has 0 aliphatic rings. The van der Waals surface area contributed by atoms with Gasteiger partial charge in [0.2, 0.25) is 5.91 Å². The summed E-state index contributed by atoms with van der Waals surface area (Å²) in [6.07, 6.45) is 1.25. The number of amides is 1. The minimum atomic E-state index is -0.0854. The van der Waals surface area contributed by atoms with Crippen LogP contribution in [-0.2, 0) is 17.6 Å². The molecule has 1 amide bonds. The number of nitrogens with one attached hydrogen (secondary N) is 1. The Morgan fingerprint density at radius 1 is 1.20 bits per heavy atom. The molecule has 1 N–H and O–H groups in total. The summed E-state index contributed by atoms with van der Waals surface area (Å²) < 4.78 is 1.10. The van der Waals surface area contributed by atoms with E-state index in [1.807, 2.05) is 29.0 Å². The number of hydrogen-bond donors (Lipinski definition) is 1. The van der Waals surface area contributed by atoms with E-state index >= 15 is 0 Å². The van der Waals surface area contributed by atoms with Crippen LogP contribution in [0.1, 0.15) is 18.2 Å². The Labute approximate surface area is 157 Å². The highest BCUT2D eigenvalue weighted by molar-refractivity contribution is 7.22. The molecule has 25 heavy (non-hydrogen) atoms. The first kappa shape index (κ1) is 16.4. The molecule has 0 fully saturated rings. The lowest BCUT2D eigenvalue weighted by molar-refractivity contribution is -0.115. The van der Waals surface area contributed by atoms with Crippen LogP contribution >= 0.6 is 34.0 Å². The quantitative estimate of drug-likeness (QED) is 0.512. The standard InChI is InChI=1S/C18H15N3OS3/c1-2-11-5-6-13-15(8-11)25-18(20-13)21-16(22)9-12-10-24-17(19-12)14-4-3-7-23-14/h3-8,10H,2,9H2,1H3,(H,20,21,22). The highest BCUT2D eigenvalue weighted by Crippen LogP contribution is 2.29. The lowest BCUT2D eigenvalue weighted by Crippen LogP contribution is -2.14. The fraction of sp³-hybridized carbons (Fsp3) is 0.167. The molecule has 3 heterocycles. The van der Waals surface area contributed by atoms with Crippen LogP contribution in [0.2, 0.25) is 0 Å². The molecule has 7 heteroatoms. The number of fused-ring (bicyclic) bond motifs is 1. The summed E-state index contributed by atoms with van der Waals surface area (Å²) in [6, 6.07) is 10.3. The van der Waals surface area contributed by atoms with Gasteiger partial charge in [-0.1, -0.05) is 30.4 Å². The molecule has 0 radical (unpaired) electrons. The van der Waals surface area contributed by atoms with E-state index in [9.17, 15) is 4.79 Å². The predicted molar refractivity (Wildman–Crippen MR) is 107 cm³/mol. The molecular formula is C18H15N3OS3. The number of carbonyl (C=O) groups is 1. The van der Waals surface area contributed by atoms with Crippen molar-refractivity contribution < 1.29 is 4.79 Å². The van der Waals surface area contributed by atoms with E-state index < -0.39 is 0 Å². The zero-order valence-electron chi connectivity index (χ0n) is 13.5. The third-order valence-electron chi connectivity index (χ3n) is 3.73. The number of thiophene rings is 1. The van der Waals surface area contributed by atoms with Crippen LogP contribution in [0.4, 0.5) is 5.13 Å². The lowest BCUT2D eigenvalue weighted by Gasteiger charge is -1.98. The van der Waals surface area contributed by atoms with Crippen molar-refractivity contribution in [1.29, 1.82) is 0 Å². The van der Waals surface area contributed by atoms with E-state index in [2.05, 4.69) is 34.3 Å². The van der Waals surface area contributed by atoms with Crippen LogP contribution in [0.3, 0.4) is 0 Å². The predicted octanol–water partition coefficient (Wildman–Crippen LogP) is 5.22. The first-order valence-corrected chi connectivity index (χ1v) is 10.5. The van der Waals surface area contributed by atoms with E-state index in [-0.39, 0.29) is 12.3 Å². The Kier molecular flexibility index (Phi) is 4.61. The molecule has 0 aliphatic carbocycles. The van der Waals surface area contributed by atoms with Crippen molar-refractivity contribution in [1.82, 2.24) is 9.97 Å². The topological polar surface area (TPSA) is 54.9 Å². The van der Waals surface area contributed by atoms with Crippen molar-refractivity contribution in [2.75, 3.05) is 5.32 Å².